The van der Waals surface area contributed by atoms with Gasteiger partial charge in [0.05, 0.1) is 23.8 Å². The van der Waals surface area contributed by atoms with Crippen LogP contribution in [0, 0.1) is 18.3 Å². The number of methoxy groups -OCH3 is 1. The molecule has 0 saturated carbocycles. The number of rotatable bonds is 7. The Morgan fingerprint density at radius 3 is 2.59 bits per heavy atom. The van der Waals surface area contributed by atoms with E-state index in [0.717, 1.165) is 5.56 Å². The second-order valence-corrected chi connectivity index (χ2v) is 9.20. The summed E-state index contributed by atoms with van der Waals surface area (Å²) in [7, 11) is -2.70. The molecule has 2 heterocycles. The number of aromatic nitrogens is 1. The van der Waals surface area contributed by atoms with E-state index >= 15 is 0 Å². The van der Waals surface area contributed by atoms with E-state index in [9.17, 15) is 18.5 Å². The van der Waals surface area contributed by atoms with Gasteiger partial charge in [-0.3, -0.25) is 4.72 Å². The van der Waals surface area contributed by atoms with Crippen molar-refractivity contribution in [3.05, 3.63) is 95.3 Å². The Morgan fingerprint density at radius 1 is 1.12 bits per heavy atom. The number of carbonyl (C=O) groups is 1. The van der Waals surface area contributed by atoms with E-state index in [1.807, 2.05) is 19.1 Å². The third-order valence-electron chi connectivity index (χ3n) is 5.23. The highest BCUT2D eigenvalue weighted by molar-refractivity contribution is 7.92. The van der Waals surface area contributed by atoms with Crippen molar-refractivity contribution in [3.8, 4) is 11.8 Å². The largest absolute Gasteiger partial charge is 0.495 e. The summed E-state index contributed by atoms with van der Waals surface area (Å²) < 4.78 is 40.9. The summed E-state index contributed by atoms with van der Waals surface area (Å²) in [4.78, 5) is 12.5. The van der Waals surface area contributed by atoms with Crippen LogP contribution >= 0.6 is 0 Å². The molecule has 4 rings (SSSR count). The summed E-state index contributed by atoms with van der Waals surface area (Å²) in [6.45, 7) is 1.76. The van der Waals surface area contributed by atoms with E-state index in [1.165, 1.54) is 25.3 Å². The van der Waals surface area contributed by atoms with Crippen molar-refractivity contribution in [3.63, 3.8) is 0 Å². The monoisotopic (exact) mass is 475 g/mol. The SMILES string of the molecule is COc1ccc(C(=O)OCc2cn3ccccc3c2C#N)cc1S(=O)(=O)Nc1ccc(C)cc1. The van der Waals surface area contributed by atoms with E-state index in [1.54, 1.807) is 47.1 Å². The molecule has 0 fully saturated rings. The molecule has 172 valence electrons. The zero-order chi connectivity index (χ0) is 24.3. The maximum absolute atomic E-state index is 13.0. The highest BCUT2D eigenvalue weighted by Crippen LogP contribution is 2.28. The second-order valence-electron chi connectivity index (χ2n) is 7.55. The fraction of sp³-hybridized carbons (Fsp3) is 0.120. The van der Waals surface area contributed by atoms with Crippen LogP contribution < -0.4 is 9.46 Å². The number of nitrogens with zero attached hydrogens (tertiary/aromatic N) is 2. The fourth-order valence-electron chi connectivity index (χ4n) is 3.49. The molecule has 2 aromatic heterocycles. The van der Waals surface area contributed by atoms with Gasteiger partial charge in [-0.15, -0.1) is 0 Å². The van der Waals surface area contributed by atoms with Gasteiger partial charge in [0, 0.05) is 23.6 Å². The number of nitriles is 1. The summed E-state index contributed by atoms with van der Waals surface area (Å²) >= 11 is 0. The van der Waals surface area contributed by atoms with E-state index in [4.69, 9.17) is 9.47 Å². The molecule has 2 aromatic carbocycles. The summed E-state index contributed by atoms with van der Waals surface area (Å²) in [5, 5.41) is 9.52. The number of ether oxygens (including phenoxy) is 2. The molecule has 4 aromatic rings. The fourth-order valence-corrected chi connectivity index (χ4v) is 4.74. The lowest BCUT2D eigenvalue weighted by Gasteiger charge is -2.13. The molecule has 0 atom stereocenters. The Morgan fingerprint density at radius 2 is 1.88 bits per heavy atom. The predicted molar refractivity (Wildman–Crippen MR) is 126 cm³/mol. The maximum atomic E-state index is 13.0. The van der Waals surface area contributed by atoms with E-state index in [0.29, 0.717) is 22.3 Å². The lowest BCUT2D eigenvalue weighted by Crippen LogP contribution is -2.15. The highest BCUT2D eigenvalue weighted by Gasteiger charge is 2.23. The van der Waals surface area contributed by atoms with E-state index in [2.05, 4.69) is 10.8 Å². The Balaban J connectivity index is 1.58. The third-order valence-corrected chi connectivity index (χ3v) is 6.63. The van der Waals surface area contributed by atoms with Crippen molar-refractivity contribution in [1.82, 2.24) is 4.40 Å². The van der Waals surface area contributed by atoms with Crippen LogP contribution in [0.4, 0.5) is 5.69 Å². The van der Waals surface area contributed by atoms with Crippen LogP contribution in [-0.4, -0.2) is 25.9 Å². The minimum absolute atomic E-state index is 0.0346. The van der Waals surface area contributed by atoms with Crippen molar-refractivity contribution in [2.24, 2.45) is 0 Å². The van der Waals surface area contributed by atoms with Crippen LogP contribution in [-0.2, 0) is 21.4 Å². The maximum Gasteiger partial charge on any atom is 0.338 e. The first-order valence-electron chi connectivity index (χ1n) is 10.3. The molecule has 0 aliphatic heterocycles. The number of pyridine rings is 1. The Hall–Kier alpha value is -4.29. The standard InChI is InChI=1S/C25H21N3O5S/c1-17-6-9-20(10-7-17)27-34(30,31)24-13-18(8-11-23(24)32-2)25(29)33-16-19-15-28-12-4-3-5-22(28)21(19)14-26/h3-13,15,27H,16H2,1-2H3. The number of fused-ring (bicyclic) bond motifs is 1. The number of benzene rings is 2. The number of esters is 1. The molecule has 0 saturated heterocycles. The zero-order valence-electron chi connectivity index (χ0n) is 18.5. The van der Waals surface area contributed by atoms with Crippen molar-refractivity contribution >= 4 is 27.2 Å². The van der Waals surface area contributed by atoms with Gasteiger partial charge in [0.25, 0.3) is 10.0 Å². The molecular formula is C25H21N3O5S. The van der Waals surface area contributed by atoms with E-state index in [-0.39, 0.29) is 22.8 Å². The minimum Gasteiger partial charge on any atom is -0.495 e. The summed E-state index contributed by atoms with van der Waals surface area (Å²) in [6, 6.07) is 18.5. The first kappa shape index (κ1) is 22.9. The average Bonchev–Trinajstić information content (AvgIpc) is 3.21. The molecule has 0 radical (unpaired) electrons. The minimum atomic E-state index is -4.05. The van der Waals surface area contributed by atoms with Gasteiger partial charge in [-0.2, -0.15) is 5.26 Å². The molecule has 0 unspecified atom stereocenters. The lowest BCUT2D eigenvalue weighted by atomic mass is 10.2. The first-order valence-corrected chi connectivity index (χ1v) is 11.7. The Labute approximate surface area is 197 Å². The molecule has 34 heavy (non-hydrogen) atoms. The number of sulfonamides is 1. The molecule has 0 spiro atoms. The zero-order valence-corrected chi connectivity index (χ0v) is 19.3. The Kier molecular flexibility index (Phi) is 6.25. The number of hydrogen-bond acceptors (Lipinski definition) is 6. The van der Waals surface area contributed by atoms with Gasteiger partial charge >= 0.3 is 5.97 Å². The van der Waals surface area contributed by atoms with Crippen molar-refractivity contribution in [2.75, 3.05) is 11.8 Å². The van der Waals surface area contributed by atoms with Crippen molar-refractivity contribution in [2.45, 2.75) is 18.4 Å². The number of nitrogens with one attached hydrogen (secondary N) is 1. The van der Waals surface area contributed by atoms with Crippen LogP contribution in [0.25, 0.3) is 5.52 Å². The summed E-state index contributed by atoms with van der Waals surface area (Å²) in [6.07, 6.45) is 3.51. The summed E-state index contributed by atoms with van der Waals surface area (Å²) in [5.74, 6) is -0.643. The van der Waals surface area contributed by atoms with Crippen LogP contribution in [0.5, 0.6) is 5.75 Å². The van der Waals surface area contributed by atoms with Crippen LogP contribution in [0.2, 0.25) is 0 Å². The van der Waals surface area contributed by atoms with Gasteiger partial charge < -0.3 is 13.9 Å². The molecular weight excluding hydrogens is 454 g/mol. The molecule has 1 N–H and O–H groups in total. The molecule has 9 heteroatoms. The molecule has 8 nitrogen and oxygen atoms in total. The Bertz CT molecular complexity index is 1520. The van der Waals surface area contributed by atoms with Gasteiger partial charge in [-0.25, -0.2) is 13.2 Å². The highest BCUT2D eigenvalue weighted by atomic mass is 32.2. The average molecular weight is 476 g/mol. The van der Waals surface area contributed by atoms with Gasteiger partial charge in [-0.1, -0.05) is 23.8 Å². The first-order chi connectivity index (χ1) is 16.3. The van der Waals surface area contributed by atoms with Crippen molar-refractivity contribution in [1.29, 1.82) is 5.26 Å². The number of anilines is 1. The van der Waals surface area contributed by atoms with Crippen LogP contribution in [0.3, 0.4) is 0 Å². The predicted octanol–water partition coefficient (Wildman–Crippen LogP) is 4.29. The van der Waals surface area contributed by atoms with Crippen LogP contribution in [0.15, 0.2) is 78.0 Å². The quantitative estimate of drug-likeness (QED) is 0.400. The van der Waals surface area contributed by atoms with Gasteiger partial charge in [0.1, 0.15) is 23.3 Å². The number of carbonyl (C=O) groups excluding carboxylic acids is 1. The molecule has 0 aliphatic rings. The van der Waals surface area contributed by atoms with Crippen molar-refractivity contribution < 1.29 is 22.7 Å². The normalized spacial score (nSPS) is 11.1. The van der Waals surface area contributed by atoms with E-state index < -0.39 is 16.0 Å². The lowest BCUT2D eigenvalue weighted by molar-refractivity contribution is 0.0472. The molecule has 0 bridgehead atoms. The van der Waals surface area contributed by atoms with Gasteiger partial charge in [-0.05, 0) is 49.4 Å². The molecule has 0 aliphatic carbocycles. The number of hydrogen-bond donors (Lipinski definition) is 1. The third kappa shape index (κ3) is 4.58. The second kappa shape index (κ2) is 9.29. The van der Waals surface area contributed by atoms with Crippen LogP contribution in [0.1, 0.15) is 27.0 Å². The van der Waals surface area contributed by atoms with Gasteiger partial charge in [0.2, 0.25) is 0 Å². The van der Waals surface area contributed by atoms with Gasteiger partial charge in [0.15, 0.2) is 0 Å². The topological polar surface area (TPSA) is 110 Å². The smallest absolute Gasteiger partial charge is 0.338 e. The number of aryl methyl sites for hydroxylation is 1. The summed E-state index contributed by atoms with van der Waals surface area (Å²) in [5.41, 5.74) is 3.06. The molecule has 0 amide bonds.